The van der Waals surface area contributed by atoms with Crippen molar-refractivity contribution in [2.45, 2.75) is 59.9 Å². The van der Waals surface area contributed by atoms with Crippen molar-refractivity contribution >= 4 is 0 Å². The van der Waals surface area contributed by atoms with Gasteiger partial charge in [0.05, 0.1) is 0 Å². The Balaban J connectivity index is 4.25. The zero-order valence-electron chi connectivity index (χ0n) is 11.5. The minimum absolute atomic E-state index is 0.194. The fourth-order valence-electron chi connectivity index (χ4n) is 1.64. The minimum atomic E-state index is 0.194. The van der Waals surface area contributed by atoms with Gasteiger partial charge in [-0.25, -0.2) is 0 Å². The Morgan fingerprint density at radius 1 is 1.27 bits per heavy atom. The molecule has 0 saturated carbocycles. The summed E-state index contributed by atoms with van der Waals surface area (Å²) in [6.45, 7) is 18.5. The fraction of sp³-hybridized carbons (Fsp3) is 0.857. The molecule has 0 spiro atoms. The largest absolute Gasteiger partial charge is 0.311 e. The normalized spacial score (nSPS) is 18.3. The molecule has 0 aromatic heterocycles. The fourth-order valence-corrected chi connectivity index (χ4v) is 1.64. The van der Waals surface area contributed by atoms with Crippen molar-refractivity contribution < 1.29 is 0 Å². The van der Waals surface area contributed by atoms with Crippen LogP contribution in [0.2, 0.25) is 0 Å². The van der Waals surface area contributed by atoms with Gasteiger partial charge in [-0.1, -0.05) is 33.3 Å². The highest BCUT2D eigenvalue weighted by Gasteiger charge is 2.24. The van der Waals surface area contributed by atoms with Crippen molar-refractivity contribution in [1.82, 2.24) is 5.32 Å². The van der Waals surface area contributed by atoms with E-state index in [1.807, 2.05) is 0 Å². The van der Waals surface area contributed by atoms with Gasteiger partial charge in [-0.2, -0.15) is 0 Å². The Bertz CT molecular complexity index is 190. The minimum Gasteiger partial charge on any atom is -0.311 e. The van der Waals surface area contributed by atoms with Crippen LogP contribution < -0.4 is 5.32 Å². The van der Waals surface area contributed by atoms with Crippen LogP contribution in [-0.2, 0) is 0 Å². The van der Waals surface area contributed by atoms with Gasteiger partial charge in [0.15, 0.2) is 0 Å². The summed E-state index contributed by atoms with van der Waals surface area (Å²) in [6.07, 6.45) is 4.58. The number of hydrogen-bond acceptors (Lipinski definition) is 1. The van der Waals surface area contributed by atoms with Crippen LogP contribution in [0, 0.1) is 11.3 Å². The monoisotopic (exact) mass is 211 g/mol. The molecule has 2 unspecified atom stereocenters. The first-order valence-electron chi connectivity index (χ1n) is 6.11. The van der Waals surface area contributed by atoms with Crippen LogP contribution in [0.5, 0.6) is 0 Å². The highest BCUT2D eigenvalue weighted by atomic mass is 15.0. The second-order valence-electron chi connectivity index (χ2n) is 6.18. The molecular formula is C14H29N. The Morgan fingerprint density at radius 3 is 2.13 bits per heavy atom. The molecule has 15 heavy (non-hydrogen) atoms. The molecule has 0 aromatic carbocycles. The van der Waals surface area contributed by atoms with E-state index in [1.54, 1.807) is 0 Å². The molecule has 0 aliphatic heterocycles. The van der Waals surface area contributed by atoms with Crippen LogP contribution in [0.3, 0.4) is 0 Å². The first-order valence-corrected chi connectivity index (χ1v) is 6.11. The predicted octanol–water partition coefficient (Wildman–Crippen LogP) is 4.00. The number of nitrogens with one attached hydrogen (secondary N) is 1. The van der Waals surface area contributed by atoms with Gasteiger partial charge in [0.25, 0.3) is 0 Å². The van der Waals surface area contributed by atoms with E-state index < -0.39 is 0 Å². The summed E-state index contributed by atoms with van der Waals surface area (Å²) >= 11 is 0. The summed E-state index contributed by atoms with van der Waals surface area (Å²) in [7, 11) is 0. The SMILES string of the molecule is C=CC(C)(CNC(C)(C)C)CC(C)CC. The lowest BCUT2D eigenvalue weighted by molar-refractivity contribution is 0.269. The van der Waals surface area contributed by atoms with Crippen molar-refractivity contribution in [3.05, 3.63) is 12.7 Å². The summed E-state index contributed by atoms with van der Waals surface area (Å²) in [4.78, 5) is 0. The molecule has 0 radical (unpaired) electrons. The second kappa shape index (κ2) is 5.69. The lowest BCUT2D eigenvalue weighted by Crippen LogP contribution is -2.42. The van der Waals surface area contributed by atoms with E-state index in [0.717, 1.165) is 12.5 Å². The Kier molecular flexibility index (Phi) is 5.58. The summed E-state index contributed by atoms with van der Waals surface area (Å²) in [5.41, 5.74) is 0.419. The van der Waals surface area contributed by atoms with E-state index in [0.29, 0.717) is 0 Å². The second-order valence-corrected chi connectivity index (χ2v) is 6.18. The van der Waals surface area contributed by atoms with E-state index in [2.05, 4.69) is 59.5 Å². The third-order valence-corrected chi connectivity index (χ3v) is 3.03. The third-order valence-electron chi connectivity index (χ3n) is 3.03. The Hall–Kier alpha value is -0.300. The number of hydrogen-bond donors (Lipinski definition) is 1. The van der Waals surface area contributed by atoms with Crippen molar-refractivity contribution in [1.29, 1.82) is 0 Å². The quantitative estimate of drug-likeness (QED) is 0.655. The van der Waals surface area contributed by atoms with E-state index in [9.17, 15) is 0 Å². The average molecular weight is 211 g/mol. The van der Waals surface area contributed by atoms with Gasteiger partial charge in [0.2, 0.25) is 0 Å². The Labute approximate surface area is 96.3 Å². The van der Waals surface area contributed by atoms with E-state index in [-0.39, 0.29) is 11.0 Å². The molecule has 1 N–H and O–H groups in total. The maximum absolute atomic E-state index is 3.98. The van der Waals surface area contributed by atoms with E-state index in [1.165, 1.54) is 12.8 Å². The zero-order chi connectivity index (χ0) is 12.1. The first-order chi connectivity index (χ1) is 6.72. The molecule has 0 fully saturated rings. The van der Waals surface area contributed by atoms with Crippen molar-refractivity contribution in [2.75, 3.05) is 6.54 Å². The Morgan fingerprint density at radius 2 is 1.80 bits per heavy atom. The average Bonchev–Trinajstić information content (AvgIpc) is 2.14. The maximum atomic E-state index is 3.98. The van der Waals surface area contributed by atoms with Crippen molar-refractivity contribution in [3.8, 4) is 0 Å². The van der Waals surface area contributed by atoms with Gasteiger partial charge in [-0.05, 0) is 38.5 Å². The summed E-state index contributed by atoms with van der Waals surface area (Å²) < 4.78 is 0. The van der Waals surface area contributed by atoms with Gasteiger partial charge in [0, 0.05) is 12.1 Å². The molecule has 0 aliphatic carbocycles. The van der Waals surface area contributed by atoms with Crippen LogP contribution in [-0.4, -0.2) is 12.1 Å². The van der Waals surface area contributed by atoms with Crippen molar-refractivity contribution in [2.24, 2.45) is 11.3 Å². The molecule has 2 atom stereocenters. The lowest BCUT2D eigenvalue weighted by Gasteiger charge is -2.33. The highest BCUT2D eigenvalue weighted by Crippen LogP contribution is 2.28. The molecule has 0 aromatic rings. The van der Waals surface area contributed by atoms with Crippen LogP contribution in [0.1, 0.15) is 54.4 Å². The molecule has 90 valence electrons. The molecule has 0 saturated heterocycles. The topological polar surface area (TPSA) is 12.0 Å². The van der Waals surface area contributed by atoms with E-state index in [4.69, 9.17) is 0 Å². The molecule has 0 rings (SSSR count). The van der Waals surface area contributed by atoms with Gasteiger partial charge >= 0.3 is 0 Å². The van der Waals surface area contributed by atoms with Gasteiger partial charge in [-0.15, -0.1) is 6.58 Å². The van der Waals surface area contributed by atoms with Crippen LogP contribution >= 0.6 is 0 Å². The third kappa shape index (κ3) is 6.72. The van der Waals surface area contributed by atoms with E-state index >= 15 is 0 Å². The molecule has 0 amide bonds. The zero-order valence-corrected chi connectivity index (χ0v) is 11.5. The summed E-state index contributed by atoms with van der Waals surface area (Å²) in [6, 6.07) is 0. The molecule has 0 bridgehead atoms. The molecule has 1 heteroatoms. The molecule has 1 nitrogen and oxygen atoms in total. The maximum Gasteiger partial charge on any atom is 0.00968 e. The van der Waals surface area contributed by atoms with Crippen LogP contribution in [0.25, 0.3) is 0 Å². The van der Waals surface area contributed by atoms with Crippen LogP contribution in [0.4, 0.5) is 0 Å². The van der Waals surface area contributed by atoms with Gasteiger partial charge in [-0.3, -0.25) is 0 Å². The standard InChI is InChI=1S/C14H29N/c1-8-12(3)10-14(7,9-2)11-15-13(4,5)6/h9,12,15H,2,8,10-11H2,1,3-7H3. The lowest BCUT2D eigenvalue weighted by atomic mass is 9.80. The van der Waals surface area contributed by atoms with Crippen molar-refractivity contribution in [3.63, 3.8) is 0 Å². The van der Waals surface area contributed by atoms with Crippen LogP contribution in [0.15, 0.2) is 12.7 Å². The first kappa shape index (κ1) is 14.7. The van der Waals surface area contributed by atoms with Gasteiger partial charge < -0.3 is 5.32 Å². The number of rotatable bonds is 6. The smallest absolute Gasteiger partial charge is 0.00968 e. The molecule has 0 heterocycles. The summed E-state index contributed by atoms with van der Waals surface area (Å²) in [5.74, 6) is 0.773. The van der Waals surface area contributed by atoms with Gasteiger partial charge in [0.1, 0.15) is 0 Å². The summed E-state index contributed by atoms with van der Waals surface area (Å²) in [5, 5.41) is 3.57. The predicted molar refractivity (Wildman–Crippen MR) is 70.1 cm³/mol. The molecular weight excluding hydrogens is 182 g/mol. The molecule has 0 aliphatic rings. The highest BCUT2D eigenvalue weighted by molar-refractivity contribution is 4.95.